The predicted molar refractivity (Wildman–Crippen MR) is 114 cm³/mol. The van der Waals surface area contributed by atoms with Gasteiger partial charge in [0.1, 0.15) is 5.75 Å². The number of carbonyl (C=O) groups excluding carboxylic acids is 1. The number of anilines is 1. The van der Waals surface area contributed by atoms with Gasteiger partial charge in [0.15, 0.2) is 6.61 Å². The Hall–Kier alpha value is -1.80. The molecule has 1 fully saturated rings. The highest BCUT2D eigenvalue weighted by Crippen LogP contribution is 2.27. The molecule has 0 saturated carbocycles. The number of rotatable bonds is 6. The summed E-state index contributed by atoms with van der Waals surface area (Å²) in [6.45, 7) is 2.96. The van der Waals surface area contributed by atoms with Crippen LogP contribution in [0.2, 0.25) is 10.0 Å². The summed E-state index contributed by atoms with van der Waals surface area (Å²) in [5.41, 5.74) is 0.479. The molecule has 1 aliphatic heterocycles. The summed E-state index contributed by atoms with van der Waals surface area (Å²) in [4.78, 5) is 12.3. The second-order valence-electron chi connectivity index (χ2n) is 7.02. The molecule has 0 spiro atoms. The van der Waals surface area contributed by atoms with E-state index in [1.165, 1.54) is 22.5 Å². The molecular formula is C20H22Cl2N2O4S. The Balaban J connectivity index is 1.57. The van der Waals surface area contributed by atoms with Gasteiger partial charge in [-0.3, -0.25) is 4.79 Å². The lowest BCUT2D eigenvalue weighted by Gasteiger charge is -2.29. The number of piperidine rings is 1. The first-order valence-corrected chi connectivity index (χ1v) is 11.4. The van der Waals surface area contributed by atoms with Gasteiger partial charge in [0, 0.05) is 23.8 Å². The van der Waals surface area contributed by atoms with Crippen molar-refractivity contribution in [3.63, 3.8) is 0 Å². The summed E-state index contributed by atoms with van der Waals surface area (Å²) in [6.07, 6.45) is 1.73. The van der Waals surface area contributed by atoms with Gasteiger partial charge >= 0.3 is 0 Å². The van der Waals surface area contributed by atoms with E-state index in [0.29, 0.717) is 40.5 Å². The average molecular weight is 457 g/mol. The first-order valence-electron chi connectivity index (χ1n) is 9.23. The van der Waals surface area contributed by atoms with Gasteiger partial charge in [-0.1, -0.05) is 30.1 Å². The fraction of sp³-hybridized carbons (Fsp3) is 0.350. The predicted octanol–water partition coefficient (Wildman–Crippen LogP) is 4.43. The lowest BCUT2D eigenvalue weighted by Crippen LogP contribution is -2.37. The third kappa shape index (κ3) is 5.63. The largest absolute Gasteiger partial charge is 0.482 e. The molecule has 1 amide bonds. The van der Waals surface area contributed by atoms with E-state index < -0.39 is 15.9 Å². The quantitative estimate of drug-likeness (QED) is 0.697. The van der Waals surface area contributed by atoms with E-state index in [1.54, 1.807) is 24.3 Å². The third-order valence-electron chi connectivity index (χ3n) is 4.77. The Labute approximate surface area is 180 Å². The zero-order chi connectivity index (χ0) is 21.0. The Morgan fingerprint density at radius 2 is 1.79 bits per heavy atom. The van der Waals surface area contributed by atoms with Gasteiger partial charge in [-0.25, -0.2) is 8.42 Å². The zero-order valence-corrected chi connectivity index (χ0v) is 18.2. The van der Waals surface area contributed by atoms with E-state index in [9.17, 15) is 13.2 Å². The van der Waals surface area contributed by atoms with E-state index in [4.69, 9.17) is 27.9 Å². The van der Waals surface area contributed by atoms with Crippen molar-refractivity contribution >= 4 is 44.8 Å². The highest BCUT2D eigenvalue weighted by Gasteiger charge is 2.27. The molecule has 1 aliphatic rings. The summed E-state index contributed by atoms with van der Waals surface area (Å²) in [7, 11) is -3.51. The molecule has 2 aromatic carbocycles. The monoisotopic (exact) mass is 456 g/mol. The SMILES string of the molecule is CC1CCN(S(=O)(=O)c2ccc(NC(=O)COc3ccc(Cl)cc3Cl)cc2)CC1. The summed E-state index contributed by atoms with van der Waals surface area (Å²) < 4.78 is 32.4. The van der Waals surface area contributed by atoms with Gasteiger partial charge in [0.2, 0.25) is 10.0 Å². The van der Waals surface area contributed by atoms with Crippen molar-refractivity contribution in [3.8, 4) is 5.75 Å². The van der Waals surface area contributed by atoms with Crippen molar-refractivity contribution in [1.29, 1.82) is 0 Å². The molecule has 3 rings (SSSR count). The first kappa shape index (κ1) is 21.9. The minimum absolute atomic E-state index is 0.217. The maximum absolute atomic E-state index is 12.7. The number of amides is 1. The Morgan fingerprint density at radius 1 is 1.14 bits per heavy atom. The van der Waals surface area contributed by atoms with Crippen molar-refractivity contribution in [2.45, 2.75) is 24.7 Å². The molecule has 2 aromatic rings. The molecule has 0 unspecified atom stereocenters. The number of hydrogen-bond acceptors (Lipinski definition) is 4. The van der Waals surface area contributed by atoms with Crippen LogP contribution in [0.15, 0.2) is 47.4 Å². The zero-order valence-electron chi connectivity index (χ0n) is 15.9. The normalized spacial score (nSPS) is 15.8. The molecule has 0 aromatic heterocycles. The fourth-order valence-electron chi connectivity index (χ4n) is 3.02. The topological polar surface area (TPSA) is 75.7 Å². The Kier molecular flexibility index (Phi) is 7.05. The van der Waals surface area contributed by atoms with Gasteiger partial charge in [0.05, 0.1) is 9.92 Å². The Morgan fingerprint density at radius 3 is 2.41 bits per heavy atom. The minimum Gasteiger partial charge on any atom is -0.482 e. The van der Waals surface area contributed by atoms with Crippen molar-refractivity contribution < 1.29 is 17.9 Å². The van der Waals surface area contributed by atoms with Crippen LogP contribution in [0.5, 0.6) is 5.75 Å². The molecule has 0 aliphatic carbocycles. The molecule has 6 nitrogen and oxygen atoms in total. The van der Waals surface area contributed by atoms with E-state index in [-0.39, 0.29) is 11.5 Å². The van der Waals surface area contributed by atoms with Crippen LogP contribution >= 0.6 is 23.2 Å². The maximum atomic E-state index is 12.7. The van der Waals surface area contributed by atoms with Crippen molar-refractivity contribution in [3.05, 3.63) is 52.5 Å². The highest BCUT2D eigenvalue weighted by atomic mass is 35.5. The number of halogens is 2. The molecule has 0 radical (unpaired) electrons. The lowest BCUT2D eigenvalue weighted by atomic mass is 10.0. The summed E-state index contributed by atoms with van der Waals surface area (Å²) in [5, 5.41) is 3.45. The van der Waals surface area contributed by atoms with Crippen LogP contribution in [0.25, 0.3) is 0 Å². The van der Waals surface area contributed by atoms with Crippen molar-refractivity contribution in [2.24, 2.45) is 5.92 Å². The third-order valence-corrected chi connectivity index (χ3v) is 7.21. The summed E-state index contributed by atoms with van der Waals surface area (Å²) in [6, 6.07) is 10.8. The van der Waals surface area contributed by atoms with Crippen LogP contribution < -0.4 is 10.1 Å². The number of nitrogens with one attached hydrogen (secondary N) is 1. The van der Waals surface area contributed by atoms with Crippen molar-refractivity contribution in [1.82, 2.24) is 4.31 Å². The lowest BCUT2D eigenvalue weighted by molar-refractivity contribution is -0.118. The summed E-state index contributed by atoms with van der Waals surface area (Å²) >= 11 is 11.8. The minimum atomic E-state index is -3.51. The maximum Gasteiger partial charge on any atom is 0.262 e. The fourth-order valence-corrected chi connectivity index (χ4v) is 4.95. The molecule has 0 atom stereocenters. The first-order chi connectivity index (χ1) is 13.8. The van der Waals surface area contributed by atoms with E-state index in [0.717, 1.165) is 12.8 Å². The standard InChI is InChI=1S/C20H22Cl2N2O4S/c1-14-8-10-24(11-9-14)29(26,27)17-5-3-16(4-6-17)23-20(25)13-28-19-7-2-15(21)12-18(19)22/h2-7,12,14H,8-11,13H2,1H3,(H,23,25). The Bertz CT molecular complexity index is 972. The number of sulfonamides is 1. The number of hydrogen-bond donors (Lipinski definition) is 1. The van der Waals surface area contributed by atoms with Crippen LogP contribution in [0, 0.1) is 5.92 Å². The molecule has 0 bridgehead atoms. The van der Waals surface area contributed by atoms with E-state index in [1.807, 2.05) is 0 Å². The molecule has 156 valence electrons. The average Bonchev–Trinajstić information content (AvgIpc) is 2.68. The van der Waals surface area contributed by atoms with Gasteiger partial charge in [-0.2, -0.15) is 4.31 Å². The molecule has 1 heterocycles. The molecule has 1 N–H and O–H groups in total. The van der Waals surface area contributed by atoms with Crippen LogP contribution in [0.3, 0.4) is 0 Å². The van der Waals surface area contributed by atoms with Gasteiger partial charge in [-0.15, -0.1) is 0 Å². The van der Waals surface area contributed by atoms with E-state index in [2.05, 4.69) is 12.2 Å². The molecule has 9 heteroatoms. The number of ether oxygens (including phenoxy) is 1. The second-order valence-corrected chi connectivity index (χ2v) is 9.80. The van der Waals surface area contributed by atoms with Crippen LogP contribution in [-0.4, -0.2) is 38.3 Å². The molecule has 1 saturated heterocycles. The number of nitrogens with zero attached hydrogens (tertiary/aromatic N) is 1. The second kappa shape index (κ2) is 9.34. The van der Waals surface area contributed by atoms with Crippen LogP contribution in [0.4, 0.5) is 5.69 Å². The highest BCUT2D eigenvalue weighted by molar-refractivity contribution is 7.89. The number of benzene rings is 2. The van der Waals surface area contributed by atoms with Crippen LogP contribution in [0.1, 0.15) is 19.8 Å². The molecular weight excluding hydrogens is 435 g/mol. The van der Waals surface area contributed by atoms with Crippen molar-refractivity contribution in [2.75, 3.05) is 25.0 Å². The smallest absolute Gasteiger partial charge is 0.262 e. The van der Waals surface area contributed by atoms with Gasteiger partial charge in [-0.05, 0) is 61.2 Å². The molecule has 29 heavy (non-hydrogen) atoms. The van der Waals surface area contributed by atoms with Crippen LogP contribution in [-0.2, 0) is 14.8 Å². The van der Waals surface area contributed by atoms with Gasteiger partial charge < -0.3 is 10.1 Å². The van der Waals surface area contributed by atoms with E-state index >= 15 is 0 Å². The van der Waals surface area contributed by atoms with Gasteiger partial charge in [0.25, 0.3) is 5.91 Å². The summed E-state index contributed by atoms with van der Waals surface area (Å²) in [5.74, 6) is 0.504. The number of carbonyl (C=O) groups is 1.